The van der Waals surface area contributed by atoms with Crippen molar-refractivity contribution in [2.75, 3.05) is 12.4 Å². The minimum absolute atomic E-state index is 0.0366. The van der Waals surface area contributed by atoms with Crippen molar-refractivity contribution in [3.63, 3.8) is 0 Å². The van der Waals surface area contributed by atoms with Crippen molar-refractivity contribution in [3.8, 4) is 22.4 Å². The fourth-order valence-electron chi connectivity index (χ4n) is 6.20. The minimum atomic E-state index is -0.177. The maximum Gasteiger partial charge on any atom is 0.225 e. The standard InChI is InChI=1S/C33H39N5O2/c1-38(32(40)25-8-5-9-25)27-16-10-22(11-17-27)20-30(39)35-29-21-28(23-6-3-2-4-7-23)31(37-36-29)24-12-14-26(15-13-24)33(34)18-19-33/h2-4,6-7,12-15,21-22,25,27H,5,8-11,16-20,34H2,1H3,(H,35,36,39). The first-order chi connectivity index (χ1) is 19.4. The molecule has 0 atom stereocenters. The van der Waals surface area contributed by atoms with Gasteiger partial charge >= 0.3 is 0 Å². The van der Waals surface area contributed by atoms with Crippen LogP contribution >= 0.6 is 0 Å². The third-order valence-corrected chi connectivity index (χ3v) is 9.31. The molecule has 2 aromatic carbocycles. The van der Waals surface area contributed by atoms with Crippen LogP contribution in [0.2, 0.25) is 0 Å². The van der Waals surface area contributed by atoms with Crippen molar-refractivity contribution >= 4 is 17.6 Å². The van der Waals surface area contributed by atoms with Gasteiger partial charge in [-0.25, -0.2) is 0 Å². The molecule has 0 radical (unpaired) electrons. The second-order valence-corrected chi connectivity index (χ2v) is 12.1. The molecule has 1 aromatic heterocycles. The molecule has 0 unspecified atom stereocenters. The molecule has 7 heteroatoms. The SMILES string of the molecule is CN(C(=O)C1CCC1)C1CCC(CC(=O)Nc2cc(-c3ccccc3)c(-c3ccc(C4(N)CC4)cc3)nn2)CC1. The first-order valence-corrected chi connectivity index (χ1v) is 14.8. The van der Waals surface area contributed by atoms with E-state index in [2.05, 4.69) is 39.8 Å². The Morgan fingerprint density at radius 1 is 0.925 bits per heavy atom. The molecular weight excluding hydrogens is 498 g/mol. The van der Waals surface area contributed by atoms with Crippen LogP contribution in [0.1, 0.15) is 69.8 Å². The number of carbonyl (C=O) groups excluding carboxylic acids is 2. The Hall–Kier alpha value is -3.58. The molecule has 3 aromatic rings. The lowest BCUT2D eigenvalue weighted by atomic mass is 9.81. The van der Waals surface area contributed by atoms with E-state index in [4.69, 9.17) is 5.73 Å². The molecule has 2 amide bonds. The predicted octanol–water partition coefficient (Wildman–Crippen LogP) is 5.90. The molecular formula is C33H39N5O2. The first kappa shape index (κ1) is 26.6. The van der Waals surface area contributed by atoms with Crippen LogP contribution in [0.25, 0.3) is 22.4 Å². The Kier molecular flexibility index (Phi) is 7.41. The van der Waals surface area contributed by atoms with Crippen molar-refractivity contribution in [2.45, 2.75) is 75.8 Å². The normalized spacial score (nSPS) is 21.8. The summed E-state index contributed by atoms with van der Waals surface area (Å²) in [6, 6.07) is 20.6. The maximum absolute atomic E-state index is 13.0. The van der Waals surface area contributed by atoms with Gasteiger partial charge in [-0.3, -0.25) is 9.59 Å². The van der Waals surface area contributed by atoms with Crippen LogP contribution in [0, 0.1) is 11.8 Å². The van der Waals surface area contributed by atoms with E-state index >= 15 is 0 Å². The molecule has 3 saturated carbocycles. The molecule has 40 heavy (non-hydrogen) atoms. The number of amides is 2. The van der Waals surface area contributed by atoms with E-state index in [1.54, 1.807) is 0 Å². The van der Waals surface area contributed by atoms with Crippen LogP contribution in [-0.2, 0) is 15.1 Å². The number of hydrogen-bond acceptors (Lipinski definition) is 5. The number of nitrogens with two attached hydrogens (primary N) is 1. The molecule has 7 nitrogen and oxygen atoms in total. The van der Waals surface area contributed by atoms with E-state index in [0.29, 0.717) is 30.1 Å². The zero-order chi connectivity index (χ0) is 27.7. The summed E-state index contributed by atoms with van der Waals surface area (Å²) in [5, 5.41) is 12.0. The highest BCUT2D eigenvalue weighted by Gasteiger charge is 2.39. The second-order valence-electron chi connectivity index (χ2n) is 12.1. The molecule has 6 rings (SSSR count). The van der Waals surface area contributed by atoms with Crippen molar-refractivity contribution in [3.05, 3.63) is 66.2 Å². The van der Waals surface area contributed by atoms with E-state index in [0.717, 1.165) is 79.3 Å². The van der Waals surface area contributed by atoms with Gasteiger partial charge in [0, 0.05) is 42.1 Å². The minimum Gasteiger partial charge on any atom is -0.343 e. The van der Waals surface area contributed by atoms with E-state index in [1.807, 2.05) is 48.3 Å². The van der Waals surface area contributed by atoms with E-state index in [9.17, 15) is 9.59 Å². The number of anilines is 1. The molecule has 3 aliphatic rings. The molecule has 3 aliphatic carbocycles. The zero-order valence-corrected chi connectivity index (χ0v) is 23.3. The van der Waals surface area contributed by atoms with Crippen LogP contribution in [-0.4, -0.2) is 40.0 Å². The van der Waals surface area contributed by atoms with Crippen LogP contribution in [0.15, 0.2) is 60.7 Å². The molecule has 0 saturated heterocycles. The molecule has 1 heterocycles. The number of hydrogen-bond donors (Lipinski definition) is 2. The summed E-state index contributed by atoms with van der Waals surface area (Å²) in [5.74, 6) is 1.29. The predicted molar refractivity (Wildman–Crippen MR) is 157 cm³/mol. The Morgan fingerprint density at radius 2 is 1.62 bits per heavy atom. The largest absolute Gasteiger partial charge is 0.343 e. The van der Waals surface area contributed by atoms with Gasteiger partial charge in [0.2, 0.25) is 11.8 Å². The van der Waals surface area contributed by atoms with Crippen LogP contribution in [0.4, 0.5) is 5.82 Å². The van der Waals surface area contributed by atoms with E-state index < -0.39 is 0 Å². The Balaban J connectivity index is 1.11. The Morgan fingerprint density at radius 3 is 2.25 bits per heavy atom. The zero-order valence-electron chi connectivity index (χ0n) is 23.3. The summed E-state index contributed by atoms with van der Waals surface area (Å²) in [4.78, 5) is 27.6. The number of benzene rings is 2. The Labute approximate surface area is 236 Å². The van der Waals surface area contributed by atoms with Gasteiger partial charge in [0.1, 0.15) is 5.69 Å². The van der Waals surface area contributed by atoms with Crippen molar-refractivity contribution in [1.82, 2.24) is 15.1 Å². The quantitative estimate of drug-likeness (QED) is 0.372. The van der Waals surface area contributed by atoms with Gasteiger partial charge in [-0.15, -0.1) is 10.2 Å². The summed E-state index contributed by atoms with van der Waals surface area (Å²) in [6.07, 6.45) is 9.59. The first-order valence-electron chi connectivity index (χ1n) is 14.8. The summed E-state index contributed by atoms with van der Waals surface area (Å²) in [7, 11) is 1.96. The fourth-order valence-corrected chi connectivity index (χ4v) is 6.20. The van der Waals surface area contributed by atoms with Gasteiger partial charge in [-0.2, -0.15) is 0 Å². The topological polar surface area (TPSA) is 101 Å². The molecule has 208 valence electrons. The maximum atomic E-state index is 13.0. The van der Waals surface area contributed by atoms with E-state index in [-0.39, 0.29) is 17.4 Å². The van der Waals surface area contributed by atoms with Gasteiger partial charge in [-0.05, 0) is 74.5 Å². The van der Waals surface area contributed by atoms with Gasteiger partial charge < -0.3 is 16.0 Å². The lowest BCUT2D eigenvalue weighted by molar-refractivity contribution is -0.139. The summed E-state index contributed by atoms with van der Waals surface area (Å²) < 4.78 is 0. The fraction of sp³-hybridized carbons (Fsp3) is 0.455. The van der Waals surface area contributed by atoms with Gasteiger partial charge in [0.25, 0.3) is 0 Å². The third-order valence-electron chi connectivity index (χ3n) is 9.31. The van der Waals surface area contributed by atoms with Gasteiger partial charge in [0.05, 0.1) is 0 Å². The van der Waals surface area contributed by atoms with E-state index in [1.165, 1.54) is 6.42 Å². The van der Waals surface area contributed by atoms with Gasteiger partial charge in [0.15, 0.2) is 5.82 Å². The highest BCUT2D eigenvalue weighted by atomic mass is 16.2. The Bertz CT molecular complexity index is 1360. The number of aromatic nitrogens is 2. The van der Waals surface area contributed by atoms with Crippen molar-refractivity contribution < 1.29 is 9.59 Å². The molecule has 0 spiro atoms. The monoisotopic (exact) mass is 537 g/mol. The molecule has 3 N–H and O–H groups in total. The second kappa shape index (κ2) is 11.1. The van der Waals surface area contributed by atoms with Crippen LogP contribution in [0.5, 0.6) is 0 Å². The highest BCUT2D eigenvalue weighted by Crippen LogP contribution is 2.43. The number of rotatable bonds is 8. The van der Waals surface area contributed by atoms with Crippen LogP contribution in [0.3, 0.4) is 0 Å². The number of carbonyl (C=O) groups is 2. The lowest BCUT2D eigenvalue weighted by Crippen LogP contribution is -2.44. The smallest absolute Gasteiger partial charge is 0.225 e. The number of nitrogens with one attached hydrogen (secondary N) is 1. The van der Waals surface area contributed by atoms with Crippen molar-refractivity contribution in [2.24, 2.45) is 17.6 Å². The summed E-state index contributed by atoms with van der Waals surface area (Å²) >= 11 is 0. The molecule has 3 fully saturated rings. The average Bonchev–Trinajstić information content (AvgIpc) is 3.71. The average molecular weight is 538 g/mol. The summed E-state index contributed by atoms with van der Waals surface area (Å²) in [5.41, 5.74) is 11.0. The van der Waals surface area contributed by atoms with Crippen LogP contribution < -0.4 is 11.1 Å². The summed E-state index contributed by atoms with van der Waals surface area (Å²) in [6.45, 7) is 0. The van der Waals surface area contributed by atoms with Crippen molar-refractivity contribution in [1.29, 1.82) is 0 Å². The third kappa shape index (κ3) is 5.66. The highest BCUT2D eigenvalue weighted by molar-refractivity contribution is 5.91. The lowest BCUT2D eigenvalue weighted by Gasteiger charge is -2.38. The molecule has 0 bridgehead atoms. The number of nitrogens with zero attached hydrogens (tertiary/aromatic N) is 3. The van der Waals surface area contributed by atoms with Gasteiger partial charge in [-0.1, -0.05) is 61.0 Å². The molecule has 0 aliphatic heterocycles.